The van der Waals surface area contributed by atoms with Gasteiger partial charge >= 0.3 is 6.09 Å². The number of nitrogens with zero attached hydrogens (tertiary/aromatic N) is 1. The van der Waals surface area contributed by atoms with Gasteiger partial charge in [0.05, 0.1) is 29.4 Å². The summed E-state index contributed by atoms with van der Waals surface area (Å²) in [7, 11) is 1.52. The first-order valence-corrected chi connectivity index (χ1v) is 7.43. The zero-order valence-corrected chi connectivity index (χ0v) is 13.1. The number of rotatable bonds is 2. The standard InChI is InChI=1S/C18H12N2O5/c1-25-10-5-6-13-9(7-10)8-14(20(13)18(23)24)11-3-2-4-12-15(11)17(22)19-16(12)21/h2-8H,1H3,(H,23,24)(H,19,21,22). The second kappa shape index (κ2) is 5.20. The average Bonchev–Trinajstić information content (AvgIpc) is 3.12. The Kier molecular flexibility index (Phi) is 3.11. The van der Waals surface area contributed by atoms with E-state index in [1.165, 1.54) is 13.2 Å². The largest absolute Gasteiger partial charge is 0.497 e. The van der Waals surface area contributed by atoms with E-state index in [2.05, 4.69) is 5.32 Å². The predicted octanol–water partition coefficient (Wildman–Crippen LogP) is 2.73. The average molecular weight is 336 g/mol. The number of ether oxygens (including phenoxy) is 1. The number of nitrogens with one attached hydrogen (secondary N) is 1. The van der Waals surface area contributed by atoms with Crippen LogP contribution in [0.4, 0.5) is 4.79 Å². The first kappa shape index (κ1) is 14.9. The van der Waals surface area contributed by atoms with Gasteiger partial charge in [0, 0.05) is 10.9 Å². The SMILES string of the molecule is COc1ccc2c(c1)cc(-c1cccc3c1C(=O)NC3=O)n2C(=O)O. The van der Waals surface area contributed by atoms with Crippen molar-refractivity contribution in [2.75, 3.05) is 7.11 Å². The monoisotopic (exact) mass is 336 g/mol. The van der Waals surface area contributed by atoms with E-state index in [-0.39, 0.29) is 11.1 Å². The summed E-state index contributed by atoms with van der Waals surface area (Å²) >= 11 is 0. The van der Waals surface area contributed by atoms with E-state index in [0.29, 0.717) is 27.9 Å². The molecular formula is C18H12N2O5. The van der Waals surface area contributed by atoms with Gasteiger partial charge in [-0.3, -0.25) is 14.9 Å². The van der Waals surface area contributed by atoms with Crippen LogP contribution in [0.2, 0.25) is 0 Å². The number of hydrogen-bond acceptors (Lipinski definition) is 4. The van der Waals surface area contributed by atoms with E-state index < -0.39 is 17.9 Å². The number of carbonyl (C=O) groups excluding carboxylic acids is 2. The van der Waals surface area contributed by atoms with E-state index in [4.69, 9.17) is 4.74 Å². The van der Waals surface area contributed by atoms with Crippen LogP contribution >= 0.6 is 0 Å². The van der Waals surface area contributed by atoms with Gasteiger partial charge < -0.3 is 9.84 Å². The minimum atomic E-state index is -1.18. The molecule has 0 saturated heterocycles. The van der Waals surface area contributed by atoms with Gasteiger partial charge in [0.25, 0.3) is 11.8 Å². The molecule has 25 heavy (non-hydrogen) atoms. The lowest BCUT2D eigenvalue weighted by atomic mass is 10.00. The number of hydrogen-bond donors (Lipinski definition) is 2. The third-order valence-corrected chi connectivity index (χ3v) is 4.24. The van der Waals surface area contributed by atoms with Crippen molar-refractivity contribution in [1.82, 2.24) is 9.88 Å². The maximum atomic E-state index is 12.2. The molecule has 0 saturated carbocycles. The zero-order valence-electron chi connectivity index (χ0n) is 13.1. The summed E-state index contributed by atoms with van der Waals surface area (Å²) in [4.78, 5) is 35.9. The van der Waals surface area contributed by atoms with Gasteiger partial charge in [-0.15, -0.1) is 0 Å². The van der Waals surface area contributed by atoms with Gasteiger partial charge in [-0.25, -0.2) is 9.36 Å². The number of imide groups is 1. The van der Waals surface area contributed by atoms with E-state index >= 15 is 0 Å². The molecule has 0 spiro atoms. The Morgan fingerprint density at radius 3 is 2.56 bits per heavy atom. The number of aromatic nitrogens is 1. The van der Waals surface area contributed by atoms with Gasteiger partial charge in [-0.05, 0) is 30.3 Å². The highest BCUT2D eigenvalue weighted by atomic mass is 16.5. The Hall–Kier alpha value is -3.61. The summed E-state index contributed by atoms with van der Waals surface area (Å²) in [6.45, 7) is 0. The summed E-state index contributed by atoms with van der Waals surface area (Å²) in [5.74, 6) is -0.426. The summed E-state index contributed by atoms with van der Waals surface area (Å²) in [5, 5.41) is 12.6. The molecule has 0 bridgehead atoms. The first-order valence-electron chi connectivity index (χ1n) is 7.43. The fourth-order valence-electron chi connectivity index (χ4n) is 3.16. The predicted molar refractivity (Wildman–Crippen MR) is 89.1 cm³/mol. The van der Waals surface area contributed by atoms with E-state index in [0.717, 1.165) is 4.57 Å². The molecule has 1 aliphatic heterocycles. The molecule has 2 heterocycles. The van der Waals surface area contributed by atoms with Crippen LogP contribution in [0.25, 0.3) is 22.2 Å². The van der Waals surface area contributed by atoms with Crippen LogP contribution in [-0.2, 0) is 0 Å². The van der Waals surface area contributed by atoms with Crippen molar-refractivity contribution in [1.29, 1.82) is 0 Å². The first-order chi connectivity index (χ1) is 12.0. The molecule has 0 fully saturated rings. The van der Waals surface area contributed by atoms with Crippen molar-refractivity contribution < 1.29 is 24.2 Å². The Morgan fingerprint density at radius 2 is 1.84 bits per heavy atom. The molecular weight excluding hydrogens is 324 g/mol. The van der Waals surface area contributed by atoms with Crippen LogP contribution in [-0.4, -0.2) is 34.7 Å². The molecule has 0 aliphatic carbocycles. The van der Waals surface area contributed by atoms with Gasteiger partial charge in [-0.2, -0.15) is 0 Å². The fraction of sp³-hybridized carbons (Fsp3) is 0.0556. The Labute approximate surface area is 141 Å². The quantitative estimate of drug-likeness (QED) is 0.701. The van der Waals surface area contributed by atoms with Crippen molar-refractivity contribution in [2.45, 2.75) is 0 Å². The molecule has 7 nitrogen and oxygen atoms in total. The number of methoxy groups -OCH3 is 1. The molecule has 3 aromatic rings. The van der Waals surface area contributed by atoms with Gasteiger partial charge in [0.2, 0.25) is 0 Å². The third kappa shape index (κ3) is 2.09. The Morgan fingerprint density at radius 1 is 1.08 bits per heavy atom. The maximum Gasteiger partial charge on any atom is 0.416 e. The Balaban J connectivity index is 2.06. The molecule has 2 N–H and O–H groups in total. The third-order valence-electron chi connectivity index (χ3n) is 4.24. The molecule has 2 amide bonds. The van der Waals surface area contributed by atoms with Crippen LogP contribution in [0, 0.1) is 0 Å². The van der Waals surface area contributed by atoms with Crippen molar-refractivity contribution >= 4 is 28.8 Å². The highest BCUT2D eigenvalue weighted by Crippen LogP contribution is 2.34. The van der Waals surface area contributed by atoms with Crippen LogP contribution < -0.4 is 10.1 Å². The Bertz CT molecular complexity index is 1080. The van der Waals surface area contributed by atoms with E-state index in [1.54, 1.807) is 36.4 Å². The minimum absolute atomic E-state index is 0.185. The van der Waals surface area contributed by atoms with Crippen molar-refractivity contribution in [3.8, 4) is 17.0 Å². The molecule has 1 aromatic heterocycles. The van der Waals surface area contributed by atoms with Crippen LogP contribution in [0.3, 0.4) is 0 Å². The number of fused-ring (bicyclic) bond motifs is 2. The number of carboxylic acid groups (broad SMARTS) is 1. The fourth-order valence-corrected chi connectivity index (χ4v) is 3.16. The number of amides is 2. The molecule has 0 radical (unpaired) electrons. The van der Waals surface area contributed by atoms with Crippen LogP contribution in [0.15, 0.2) is 42.5 Å². The van der Waals surface area contributed by atoms with Crippen molar-refractivity contribution in [3.63, 3.8) is 0 Å². The molecule has 2 aromatic carbocycles. The number of benzene rings is 2. The summed E-state index contributed by atoms with van der Waals surface area (Å²) < 4.78 is 6.27. The summed E-state index contributed by atoms with van der Waals surface area (Å²) in [6.07, 6.45) is -1.18. The highest BCUT2D eigenvalue weighted by Gasteiger charge is 2.31. The van der Waals surface area contributed by atoms with Crippen molar-refractivity contribution in [3.05, 3.63) is 53.6 Å². The topological polar surface area (TPSA) is 97.6 Å². The van der Waals surface area contributed by atoms with Gasteiger partial charge in [-0.1, -0.05) is 12.1 Å². The maximum absolute atomic E-state index is 12.2. The lowest BCUT2D eigenvalue weighted by molar-refractivity contribution is 0.0879. The van der Waals surface area contributed by atoms with Crippen LogP contribution in [0.5, 0.6) is 5.75 Å². The molecule has 0 atom stereocenters. The second-order valence-electron chi connectivity index (χ2n) is 5.58. The molecule has 7 heteroatoms. The lowest BCUT2D eigenvalue weighted by Crippen LogP contribution is -2.20. The summed E-state index contributed by atoms with van der Waals surface area (Å²) in [6, 6.07) is 11.5. The second-order valence-corrected chi connectivity index (χ2v) is 5.58. The van der Waals surface area contributed by atoms with E-state index in [9.17, 15) is 19.5 Å². The molecule has 124 valence electrons. The van der Waals surface area contributed by atoms with Gasteiger partial charge in [0.15, 0.2) is 0 Å². The summed E-state index contributed by atoms with van der Waals surface area (Å²) in [5.41, 5.74) is 1.59. The minimum Gasteiger partial charge on any atom is -0.497 e. The molecule has 0 unspecified atom stereocenters. The zero-order chi connectivity index (χ0) is 17.7. The van der Waals surface area contributed by atoms with E-state index in [1.807, 2.05) is 0 Å². The van der Waals surface area contributed by atoms with Gasteiger partial charge in [0.1, 0.15) is 5.75 Å². The lowest BCUT2D eigenvalue weighted by Gasteiger charge is -2.08. The highest BCUT2D eigenvalue weighted by molar-refractivity contribution is 6.24. The van der Waals surface area contributed by atoms with Crippen LogP contribution in [0.1, 0.15) is 20.7 Å². The molecule has 1 aliphatic rings. The van der Waals surface area contributed by atoms with Crippen molar-refractivity contribution in [2.24, 2.45) is 0 Å². The molecule has 4 rings (SSSR count). The smallest absolute Gasteiger partial charge is 0.416 e. The number of carbonyl (C=O) groups is 3. The normalized spacial score (nSPS) is 13.0.